The number of piperidine rings is 1. The van der Waals surface area contributed by atoms with Crippen LogP contribution in [0.5, 0.6) is 5.75 Å². The largest absolute Gasteiger partial charge is 0.495 e. The minimum absolute atomic E-state index is 0.0124. The van der Waals surface area contributed by atoms with Crippen molar-refractivity contribution < 1.29 is 19.1 Å². The molecule has 1 aromatic rings. The van der Waals surface area contributed by atoms with E-state index in [4.69, 9.17) is 32.1 Å². The van der Waals surface area contributed by atoms with Gasteiger partial charge in [0.15, 0.2) is 0 Å². The molecule has 9 heteroatoms. The number of primary amides is 1. The lowest BCUT2D eigenvalue weighted by atomic mass is 9.74. The van der Waals surface area contributed by atoms with E-state index in [2.05, 4.69) is 16.7 Å². The minimum atomic E-state index is -0.533. The van der Waals surface area contributed by atoms with Crippen LogP contribution >= 0.6 is 11.6 Å². The van der Waals surface area contributed by atoms with Gasteiger partial charge in [0.05, 0.1) is 30.1 Å². The number of nitrogens with zero attached hydrogens (tertiary/aromatic N) is 1. The van der Waals surface area contributed by atoms with Gasteiger partial charge in [-0.25, -0.2) is 0 Å². The third kappa shape index (κ3) is 5.11. The number of methoxy groups -OCH3 is 1. The summed E-state index contributed by atoms with van der Waals surface area (Å²) in [6, 6.07) is 7.29. The van der Waals surface area contributed by atoms with E-state index < -0.39 is 5.91 Å². The first kappa shape index (κ1) is 21.2. The zero-order valence-corrected chi connectivity index (χ0v) is 16.9. The van der Waals surface area contributed by atoms with Crippen molar-refractivity contribution in [2.24, 2.45) is 17.6 Å². The highest BCUT2D eigenvalue weighted by Gasteiger charge is 2.43. The number of nitrogens with two attached hydrogens (primary N) is 1. The van der Waals surface area contributed by atoms with Gasteiger partial charge in [0.2, 0.25) is 11.8 Å². The Morgan fingerprint density at radius 3 is 2.90 bits per heavy atom. The van der Waals surface area contributed by atoms with Gasteiger partial charge >= 0.3 is 0 Å². The van der Waals surface area contributed by atoms with E-state index >= 15 is 0 Å². The van der Waals surface area contributed by atoms with Gasteiger partial charge < -0.3 is 25.8 Å². The normalized spacial score (nSPS) is 28.6. The Balaban J connectivity index is 1.57. The van der Waals surface area contributed by atoms with Crippen molar-refractivity contribution in [2.75, 3.05) is 25.6 Å². The van der Waals surface area contributed by atoms with Crippen LogP contribution in [-0.4, -0.2) is 49.6 Å². The molecule has 8 nitrogen and oxygen atoms in total. The number of hydrogen-bond donors (Lipinski definition) is 3. The Bertz CT molecular complexity index is 812. The average Bonchev–Trinajstić information content (AvgIpc) is 2.70. The molecule has 156 valence electrons. The summed E-state index contributed by atoms with van der Waals surface area (Å²) in [5.41, 5.74) is 6.38. The Morgan fingerprint density at radius 2 is 2.21 bits per heavy atom. The molecule has 0 spiro atoms. The SMILES string of the molecule is COc1cc(NCC2CC3CC(Cl)C(OCC(N)=O)CC3NC2=O)ccc1C#N. The van der Waals surface area contributed by atoms with Crippen molar-refractivity contribution >= 4 is 29.1 Å². The van der Waals surface area contributed by atoms with Gasteiger partial charge in [0.1, 0.15) is 18.4 Å². The number of benzene rings is 1. The predicted molar refractivity (Wildman–Crippen MR) is 108 cm³/mol. The van der Waals surface area contributed by atoms with Crippen molar-refractivity contribution in [3.05, 3.63) is 23.8 Å². The fraction of sp³-hybridized carbons (Fsp3) is 0.550. The van der Waals surface area contributed by atoms with Crippen molar-refractivity contribution in [3.63, 3.8) is 0 Å². The van der Waals surface area contributed by atoms with Crippen LogP contribution in [0, 0.1) is 23.2 Å². The molecule has 2 fully saturated rings. The predicted octanol–water partition coefficient (Wildman–Crippen LogP) is 1.37. The number of nitrogens with one attached hydrogen (secondary N) is 2. The Labute approximate surface area is 174 Å². The second-order valence-electron chi connectivity index (χ2n) is 7.52. The van der Waals surface area contributed by atoms with Crippen LogP contribution in [-0.2, 0) is 14.3 Å². The maximum atomic E-state index is 12.6. The molecule has 1 saturated carbocycles. The summed E-state index contributed by atoms with van der Waals surface area (Å²) in [4.78, 5) is 23.5. The summed E-state index contributed by atoms with van der Waals surface area (Å²) < 4.78 is 10.7. The monoisotopic (exact) mass is 420 g/mol. The fourth-order valence-corrected chi connectivity index (χ4v) is 4.48. The number of hydrogen-bond acceptors (Lipinski definition) is 6. The first-order chi connectivity index (χ1) is 13.9. The van der Waals surface area contributed by atoms with E-state index in [0.717, 1.165) is 12.1 Å². The lowest BCUT2D eigenvalue weighted by Crippen LogP contribution is -2.56. The van der Waals surface area contributed by atoms with Crippen molar-refractivity contribution in [1.82, 2.24) is 5.32 Å². The number of ether oxygens (including phenoxy) is 2. The van der Waals surface area contributed by atoms with Gasteiger partial charge in [-0.3, -0.25) is 9.59 Å². The molecule has 4 N–H and O–H groups in total. The highest BCUT2D eigenvalue weighted by Crippen LogP contribution is 2.37. The second kappa shape index (κ2) is 9.33. The molecule has 3 rings (SSSR count). The average molecular weight is 421 g/mol. The molecule has 1 aliphatic carbocycles. The topological polar surface area (TPSA) is 126 Å². The summed E-state index contributed by atoms with van der Waals surface area (Å²) in [6.45, 7) is 0.304. The molecule has 5 unspecified atom stereocenters. The van der Waals surface area contributed by atoms with Gasteiger partial charge in [0.25, 0.3) is 0 Å². The zero-order valence-electron chi connectivity index (χ0n) is 16.2. The number of carbonyl (C=O) groups excluding carboxylic acids is 2. The number of amides is 2. The molecular formula is C20H25ClN4O4. The summed E-state index contributed by atoms with van der Waals surface area (Å²) in [6.07, 6.45) is 1.71. The number of halogens is 1. The molecule has 0 bridgehead atoms. The highest BCUT2D eigenvalue weighted by atomic mass is 35.5. The molecule has 0 radical (unpaired) electrons. The smallest absolute Gasteiger partial charge is 0.243 e. The highest BCUT2D eigenvalue weighted by molar-refractivity contribution is 6.21. The van der Waals surface area contributed by atoms with Crippen LogP contribution in [0.1, 0.15) is 24.8 Å². The number of nitriles is 1. The third-order valence-electron chi connectivity index (χ3n) is 5.59. The van der Waals surface area contributed by atoms with E-state index in [1.807, 2.05) is 0 Å². The van der Waals surface area contributed by atoms with Crippen LogP contribution in [0.15, 0.2) is 18.2 Å². The van der Waals surface area contributed by atoms with Crippen molar-refractivity contribution in [3.8, 4) is 11.8 Å². The van der Waals surface area contributed by atoms with Crippen molar-refractivity contribution in [1.29, 1.82) is 5.26 Å². The molecule has 0 aromatic heterocycles. The second-order valence-corrected chi connectivity index (χ2v) is 8.08. The van der Waals surface area contributed by atoms with Crippen LogP contribution < -0.4 is 21.1 Å². The molecule has 2 amide bonds. The molecular weight excluding hydrogens is 396 g/mol. The third-order valence-corrected chi connectivity index (χ3v) is 6.05. The van der Waals surface area contributed by atoms with E-state index in [1.54, 1.807) is 18.2 Å². The Kier molecular flexibility index (Phi) is 6.83. The van der Waals surface area contributed by atoms with Crippen LogP contribution in [0.4, 0.5) is 5.69 Å². The van der Waals surface area contributed by atoms with Gasteiger partial charge in [-0.05, 0) is 37.3 Å². The summed E-state index contributed by atoms with van der Waals surface area (Å²) in [5.74, 6) is 0.0102. The van der Waals surface area contributed by atoms with Crippen LogP contribution in [0.25, 0.3) is 0 Å². The number of alkyl halides is 1. The van der Waals surface area contributed by atoms with Crippen LogP contribution in [0.2, 0.25) is 0 Å². The minimum Gasteiger partial charge on any atom is -0.495 e. The van der Waals surface area contributed by atoms with E-state index in [0.29, 0.717) is 30.7 Å². The Hall–Kier alpha value is -2.50. The number of carbonyl (C=O) groups is 2. The quantitative estimate of drug-likeness (QED) is 0.572. The first-order valence-electron chi connectivity index (χ1n) is 9.57. The van der Waals surface area contributed by atoms with Gasteiger partial charge in [-0.15, -0.1) is 11.6 Å². The summed E-state index contributed by atoms with van der Waals surface area (Å²) in [7, 11) is 1.51. The summed E-state index contributed by atoms with van der Waals surface area (Å²) in [5, 5.41) is 15.2. The lowest BCUT2D eigenvalue weighted by Gasteiger charge is -2.44. The molecule has 1 aromatic carbocycles. The molecule has 2 aliphatic rings. The molecule has 1 aliphatic heterocycles. The molecule has 29 heavy (non-hydrogen) atoms. The van der Waals surface area contributed by atoms with E-state index in [1.165, 1.54) is 7.11 Å². The maximum absolute atomic E-state index is 12.6. The number of fused-ring (bicyclic) bond motifs is 1. The lowest BCUT2D eigenvalue weighted by molar-refractivity contribution is -0.132. The number of rotatable bonds is 7. The summed E-state index contributed by atoms with van der Waals surface area (Å²) >= 11 is 6.46. The van der Waals surface area contributed by atoms with Crippen LogP contribution in [0.3, 0.4) is 0 Å². The number of anilines is 1. The Morgan fingerprint density at radius 1 is 1.41 bits per heavy atom. The van der Waals surface area contributed by atoms with Gasteiger partial charge in [-0.1, -0.05) is 0 Å². The first-order valence-corrected chi connectivity index (χ1v) is 10.0. The van der Waals surface area contributed by atoms with Crippen molar-refractivity contribution in [2.45, 2.75) is 36.8 Å². The van der Waals surface area contributed by atoms with Gasteiger partial charge in [0, 0.05) is 24.3 Å². The molecule has 1 heterocycles. The molecule has 5 atom stereocenters. The van der Waals surface area contributed by atoms with E-state index in [-0.39, 0.29) is 41.9 Å². The fourth-order valence-electron chi connectivity index (χ4n) is 4.08. The van der Waals surface area contributed by atoms with Gasteiger partial charge in [-0.2, -0.15) is 5.26 Å². The standard InChI is InChI=1S/C20H25ClN4O4/c1-28-17-6-14(3-2-11(17)8-22)24-9-13-4-12-5-15(21)18(29-10-19(23)26)7-16(12)25-20(13)27/h2-3,6,12-13,15-16,18,24H,4-5,7,9-10H2,1H3,(H2,23,26)(H,25,27). The van der Waals surface area contributed by atoms with E-state index in [9.17, 15) is 9.59 Å². The zero-order chi connectivity index (χ0) is 21.0. The molecule has 1 saturated heterocycles. The maximum Gasteiger partial charge on any atom is 0.243 e.